The number of hydrogen-bond acceptors (Lipinski definition) is 4. The van der Waals surface area contributed by atoms with Gasteiger partial charge < -0.3 is 19.9 Å². The summed E-state index contributed by atoms with van der Waals surface area (Å²) in [6.45, 7) is 27.4. The first kappa shape index (κ1) is 60.7. The Kier molecular flexibility index (Phi) is 16.5. The predicted molar refractivity (Wildman–Crippen MR) is 397 cm³/mol. The highest BCUT2D eigenvalue weighted by atomic mass is 14.8. The van der Waals surface area contributed by atoms with Gasteiger partial charge in [0, 0.05) is 65.7 Å². The lowest BCUT2D eigenvalue weighted by atomic mass is 9.96. The fraction of sp³-hybridized carbons (Fsp3) is 0.333. The van der Waals surface area contributed by atoms with Crippen LogP contribution in [0.3, 0.4) is 0 Å². The number of allylic oxidation sites excluding steroid dienone is 8. The highest BCUT2D eigenvalue weighted by Gasteiger charge is 2.24. The Morgan fingerprint density at radius 1 is 0.261 bits per heavy atom. The van der Waals surface area contributed by atoms with E-state index in [0.29, 0.717) is 0 Å². The van der Waals surface area contributed by atoms with Crippen molar-refractivity contribution >= 4 is 132 Å². The molecular weight excluding hydrogens is 1120 g/mol. The molecular formula is C84H90N8. The number of fused-ring (bicyclic) bond motifs is 24. The molecule has 8 nitrogen and oxygen atoms in total. The lowest BCUT2D eigenvalue weighted by Gasteiger charge is -2.08. The lowest BCUT2D eigenvalue weighted by molar-refractivity contribution is 0.824. The quantitative estimate of drug-likeness (QED) is 0.0727. The molecule has 4 aliphatic heterocycles. The average Bonchev–Trinajstić information content (AvgIpc) is 1.56. The van der Waals surface area contributed by atoms with Crippen molar-refractivity contribution in [2.75, 3.05) is 0 Å². The standard InChI is InChI=1S/C84H90N8/c1-13-21-25-61-47(9)69-39-81-65-35-53-31-29-51(33-55(53)37-67(65)83(91-81)41-71-49(11)63(27-23-15-3)79(87-71)45-75-59(19-7)57(17-5)73(89-75)43-77(61)85-69)52-30-32-54-36-66-68(38-56(54)34-52)84-42-72-50(12)64(28-24-16-4)80(88-72)46-76-60(20-8)58(18-6)74(90-76)44-78-62(26-22-14-2)48(10)70(86-78)40-82(66)92-84/h29-46,89-92H,13-28H2,1-12H3. The van der Waals surface area contributed by atoms with Gasteiger partial charge in [-0.15, -0.1) is 0 Å². The Balaban J connectivity index is 0.958. The molecule has 6 aromatic heterocycles. The van der Waals surface area contributed by atoms with Crippen LogP contribution in [0.5, 0.6) is 0 Å². The number of aromatic nitrogens is 8. The molecule has 0 fully saturated rings. The molecule has 14 rings (SSSR count). The molecule has 4 aliphatic rings. The topological polar surface area (TPSA) is 115 Å². The zero-order valence-electron chi connectivity index (χ0n) is 56.5. The van der Waals surface area contributed by atoms with Crippen molar-refractivity contribution in [2.45, 2.75) is 186 Å². The Hall–Kier alpha value is -8.88. The first-order valence-electron chi connectivity index (χ1n) is 34.9. The molecule has 0 amide bonds. The predicted octanol–water partition coefficient (Wildman–Crippen LogP) is 24.0. The second-order valence-corrected chi connectivity index (χ2v) is 26.6. The van der Waals surface area contributed by atoms with Crippen molar-refractivity contribution in [3.8, 4) is 11.1 Å². The van der Waals surface area contributed by atoms with Crippen molar-refractivity contribution < 1.29 is 0 Å². The van der Waals surface area contributed by atoms with Crippen LogP contribution in [0.15, 0.2) is 109 Å². The van der Waals surface area contributed by atoms with Crippen molar-refractivity contribution in [1.82, 2.24) is 39.9 Å². The second-order valence-electron chi connectivity index (χ2n) is 26.6. The van der Waals surface area contributed by atoms with Crippen LogP contribution in [0.25, 0.3) is 143 Å². The van der Waals surface area contributed by atoms with E-state index in [9.17, 15) is 0 Å². The number of aromatic amines is 4. The maximum Gasteiger partial charge on any atom is 0.0693 e. The summed E-state index contributed by atoms with van der Waals surface area (Å²) in [7, 11) is 0. The molecule has 0 radical (unpaired) electrons. The maximum atomic E-state index is 5.54. The Bertz CT molecular complexity index is 4870. The summed E-state index contributed by atoms with van der Waals surface area (Å²) in [6, 6.07) is 42.2. The molecule has 4 N–H and O–H groups in total. The Labute approximate surface area is 542 Å². The summed E-state index contributed by atoms with van der Waals surface area (Å²) in [5.41, 5.74) is 35.5. The van der Waals surface area contributed by atoms with Crippen LogP contribution in [-0.4, -0.2) is 39.9 Å². The smallest absolute Gasteiger partial charge is 0.0693 e. The summed E-state index contributed by atoms with van der Waals surface area (Å²) in [5.74, 6) is 0. The van der Waals surface area contributed by atoms with Crippen molar-refractivity contribution in [1.29, 1.82) is 0 Å². The molecule has 466 valence electrons. The van der Waals surface area contributed by atoms with Crippen LogP contribution in [-0.2, 0) is 25.7 Å². The van der Waals surface area contributed by atoms with Crippen LogP contribution in [0, 0.1) is 0 Å². The highest BCUT2D eigenvalue weighted by Crippen LogP contribution is 2.43. The molecule has 4 aromatic carbocycles. The molecule has 16 bridgehead atoms. The van der Waals surface area contributed by atoms with E-state index in [1.807, 2.05) is 0 Å². The van der Waals surface area contributed by atoms with Crippen molar-refractivity contribution in [3.05, 3.63) is 177 Å². The van der Waals surface area contributed by atoms with Crippen molar-refractivity contribution in [2.24, 2.45) is 0 Å². The largest absolute Gasteiger partial charge is 0.355 e. The zero-order valence-corrected chi connectivity index (χ0v) is 56.5. The van der Waals surface area contributed by atoms with E-state index in [0.717, 1.165) is 170 Å². The second kappa shape index (κ2) is 25.0. The third kappa shape index (κ3) is 10.7. The number of nitrogens with one attached hydrogen (secondary N) is 4. The lowest BCUT2D eigenvalue weighted by Crippen LogP contribution is -1.88. The van der Waals surface area contributed by atoms with Gasteiger partial charge in [-0.1, -0.05) is 105 Å². The molecule has 0 aliphatic carbocycles. The van der Waals surface area contributed by atoms with E-state index >= 15 is 0 Å². The molecule has 92 heavy (non-hydrogen) atoms. The van der Waals surface area contributed by atoms with Crippen LogP contribution in [0.4, 0.5) is 0 Å². The number of unbranched alkanes of at least 4 members (excludes halogenated alkanes) is 4. The molecule has 0 saturated heterocycles. The van der Waals surface area contributed by atoms with Gasteiger partial charge in [0.2, 0.25) is 0 Å². The minimum atomic E-state index is 0.944. The van der Waals surface area contributed by atoms with E-state index in [4.69, 9.17) is 19.9 Å². The number of H-pyrrole nitrogens is 4. The summed E-state index contributed by atoms with van der Waals surface area (Å²) < 4.78 is 0. The summed E-state index contributed by atoms with van der Waals surface area (Å²) in [5, 5.41) is 9.48. The van der Waals surface area contributed by atoms with Gasteiger partial charge in [-0.25, -0.2) is 19.9 Å². The third-order valence-corrected chi connectivity index (χ3v) is 20.9. The number of rotatable bonds is 17. The first-order valence-corrected chi connectivity index (χ1v) is 34.9. The fourth-order valence-corrected chi connectivity index (χ4v) is 15.5. The minimum absolute atomic E-state index is 0.944. The average molecular weight is 1210 g/mol. The molecule has 0 atom stereocenters. The maximum absolute atomic E-state index is 5.54. The van der Waals surface area contributed by atoms with E-state index in [1.165, 1.54) is 143 Å². The third-order valence-electron chi connectivity index (χ3n) is 20.9. The fourth-order valence-electron chi connectivity index (χ4n) is 15.5. The van der Waals surface area contributed by atoms with E-state index < -0.39 is 0 Å². The van der Waals surface area contributed by atoms with Gasteiger partial charge in [0.05, 0.1) is 45.6 Å². The molecule has 10 aromatic rings. The van der Waals surface area contributed by atoms with Gasteiger partial charge in [0.15, 0.2) is 0 Å². The summed E-state index contributed by atoms with van der Waals surface area (Å²) in [4.78, 5) is 37.9. The highest BCUT2D eigenvalue weighted by molar-refractivity contribution is 6.16. The number of nitrogens with zero attached hydrogens (tertiary/aromatic N) is 4. The molecule has 0 saturated carbocycles. The molecule has 8 heteroatoms. The number of hydrogen-bond donors (Lipinski definition) is 4. The number of benzene rings is 4. The SMILES string of the molecule is CCCCC1=C(C)c2cc3[nH]c(cc4nc(cc5[nH]c(cc1n2)c(CC)c5CC)C(CCCC)=C4C)c1cc2cc(-c4ccc5cc6c7cc8nc(cc9[nH]c(cc%10nc(cc([nH]7)c6cc5c4)C(C)=C%10CCCC)c(CC)c9CC)C(CCCC)=C8C)ccc2cc31. The van der Waals surface area contributed by atoms with Gasteiger partial charge >= 0.3 is 0 Å². The number of aryl methyl sites for hydroxylation is 4. The van der Waals surface area contributed by atoms with Crippen LogP contribution in [0.1, 0.15) is 228 Å². The van der Waals surface area contributed by atoms with Crippen LogP contribution in [0.2, 0.25) is 0 Å². The van der Waals surface area contributed by atoms with Gasteiger partial charge in [0.1, 0.15) is 0 Å². The van der Waals surface area contributed by atoms with Crippen molar-refractivity contribution in [3.63, 3.8) is 0 Å². The normalized spacial score (nSPS) is 13.7. The van der Waals surface area contributed by atoms with Gasteiger partial charge in [-0.3, -0.25) is 0 Å². The van der Waals surface area contributed by atoms with E-state index in [1.54, 1.807) is 0 Å². The Morgan fingerprint density at radius 2 is 0.500 bits per heavy atom. The molecule has 0 unspecified atom stereocenters. The minimum Gasteiger partial charge on any atom is -0.355 e. The monoisotopic (exact) mass is 1210 g/mol. The van der Waals surface area contributed by atoms with Crippen LogP contribution < -0.4 is 0 Å². The molecule has 10 heterocycles. The first-order chi connectivity index (χ1) is 44.8. The van der Waals surface area contributed by atoms with E-state index in [-0.39, 0.29) is 0 Å². The van der Waals surface area contributed by atoms with Crippen LogP contribution >= 0.6 is 0 Å². The van der Waals surface area contributed by atoms with Gasteiger partial charge in [-0.2, -0.15) is 0 Å². The Morgan fingerprint density at radius 3 is 0.750 bits per heavy atom. The summed E-state index contributed by atoms with van der Waals surface area (Å²) in [6.07, 6.45) is 16.7. The molecule has 0 spiro atoms. The van der Waals surface area contributed by atoms with E-state index in [2.05, 4.69) is 212 Å². The zero-order chi connectivity index (χ0) is 63.6. The van der Waals surface area contributed by atoms with Gasteiger partial charge in [-0.05, 0) is 289 Å². The summed E-state index contributed by atoms with van der Waals surface area (Å²) >= 11 is 0. The van der Waals surface area contributed by atoms with Gasteiger partial charge in [0.25, 0.3) is 0 Å².